The number of carbonyl (C=O) groups excluding carboxylic acids is 1. The number of benzene rings is 1. The number of unbranched alkanes of at least 4 members (excludes halogenated alkanes) is 2. The van der Waals surface area contributed by atoms with Crippen molar-refractivity contribution in [3.8, 4) is 11.3 Å². The number of aromatic nitrogens is 5. The predicted octanol–water partition coefficient (Wildman–Crippen LogP) is -2.60. The molecule has 2 fully saturated rings. The van der Waals surface area contributed by atoms with Crippen LogP contribution in [0.15, 0.2) is 47.5 Å². The summed E-state index contributed by atoms with van der Waals surface area (Å²) in [5, 5.41) is 83.3. The number of carboxylic acids is 1. The summed E-state index contributed by atoms with van der Waals surface area (Å²) in [5.41, 5.74) is 6.84. The number of rotatable bonds is 18. The topological polar surface area (TPSA) is 354 Å². The average molecular weight is 828 g/mol. The van der Waals surface area contributed by atoms with Crippen LogP contribution >= 0.6 is 7.82 Å². The average Bonchev–Trinajstić information content (AvgIpc) is 3.74. The number of amides is 1. The summed E-state index contributed by atoms with van der Waals surface area (Å²) < 4.78 is 35.8. The van der Waals surface area contributed by atoms with E-state index in [0.717, 1.165) is 47.6 Å². The lowest BCUT2D eigenvalue weighted by molar-refractivity contribution is -0.289. The van der Waals surface area contributed by atoms with E-state index in [1.54, 1.807) is 0 Å². The summed E-state index contributed by atoms with van der Waals surface area (Å²) in [5.74, 6) is -6.41. The van der Waals surface area contributed by atoms with Gasteiger partial charge in [0.05, 0.1) is 31.6 Å². The van der Waals surface area contributed by atoms with E-state index in [9.17, 15) is 59.6 Å². The van der Waals surface area contributed by atoms with Gasteiger partial charge in [-0.2, -0.15) is 4.98 Å². The highest BCUT2D eigenvalue weighted by molar-refractivity contribution is 7.47. The maximum atomic E-state index is 13.2. The number of hydrogen-bond donors (Lipinski definition) is 10. The van der Waals surface area contributed by atoms with E-state index in [1.165, 1.54) is 16.9 Å². The number of aliphatic hydroxyl groups is 6. The molecule has 1 amide bonds. The van der Waals surface area contributed by atoms with Crippen LogP contribution < -0.4 is 16.7 Å². The molecular weight excluding hydrogens is 781 g/mol. The quantitative estimate of drug-likeness (QED) is 0.0464. The number of phosphoric acid groups is 1. The molecule has 5 rings (SSSR count). The van der Waals surface area contributed by atoms with E-state index in [0.29, 0.717) is 5.69 Å². The number of aliphatic carboxylic acids is 1. The molecule has 1 aromatic carbocycles. The molecule has 57 heavy (non-hydrogen) atoms. The third kappa shape index (κ3) is 10.5. The van der Waals surface area contributed by atoms with Gasteiger partial charge in [0.2, 0.25) is 5.91 Å². The van der Waals surface area contributed by atoms with Gasteiger partial charge in [-0.25, -0.2) is 23.4 Å². The van der Waals surface area contributed by atoms with Crippen LogP contribution in [0, 0.1) is 0 Å². The molecule has 2 aliphatic heterocycles. The Kier molecular flexibility index (Phi) is 14.3. The molecule has 0 saturated carbocycles. The fraction of sp³-hybridized carbons (Fsp3) is 0.576. The first kappa shape index (κ1) is 43.9. The zero-order chi connectivity index (χ0) is 41.7. The van der Waals surface area contributed by atoms with E-state index < -0.39 is 112 Å². The van der Waals surface area contributed by atoms with E-state index in [1.807, 2.05) is 24.3 Å². The summed E-state index contributed by atoms with van der Waals surface area (Å²) in [7, 11) is -5.61. The van der Waals surface area contributed by atoms with Crippen LogP contribution in [0.2, 0.25) is 0 Å². The molecule has 2 saturated heterocycles. The molecule has 11 atom stereocenters. The van der Waals surface area contributed by atoms with Crippen molar-refractivity contribution < 1.29 is 73.3 Å². The summed E-state index contributed by atoms with van der Waals surface area (Å²) in [6.07, 6.45) is -9.51. The number of nitrogens with zero attached hydrogens (tertiary/aromatic N) is 5. The molecule has 0 radical (unpaired) electrons. The van der Waals surface area contributed by atoms with Crippen LogP contribution in [0.3, 0.4) is 0 Å². The number of anilines is 1. The van der Waals surface area contributed by atoms with Crippen LogP contribution in [0.4, 0.5) is 5.82 Å². The van der Waals surface area contributed by atoms with Crippen molar-refractivity contribution in [2.24, 2.45) is 0 Å². The molecule has 2 aliphatic rings. The second-order valence-electron chi connectivity index (χ2n) is 13.6. The molecule has 24 heteroatoms. The van der Waals surface area contributed by atoms with Crippen LogP contribution in [0.25, 0.3) is 11.3 Å². The van der Waals surface area contributed by atoms with Crippen LogP contribution in [0.5, 0.6) is 0 Å². The molecule has 4 heterocycles. The summed E-state index contributed by atoms with van der Waals surface area (Å²) >= 11 is 0. The monoisotopic (exact) mass is 827 g/mol. The molecule has 314 valence electrons. The zero-order valence-corrected chi connectivity index (χ0v) is 31.4. The van der Waals surface area contributed by atoms with Gasteiger partial charge in [0.15, 0.2) is 6.23 Å². The number of carboxylic acid groups (broad SMARTS) is 1. The Morgan fingerprint density at radius 1 is 1.14 bits per heavy atom. The minimum Gasteiger partial charge on any atom is -0.477 e. The Hall–Kier alpha value is -4.23. The third-order valence-electron chi connectivity index (χ3n) is 9.43. The van der Waals surface area contributed by atoms with Gasteiger partial charge in [0.1, 0.15) is 54.7 Å². The maximum absolute atomic E-state index is 13.2. The zero-order valence-electron chi connectivity index (χ0n) is 30.5. The predicted molar refractivity (Wildman–Crippen MR) is 191 cm³/mol. The minimum atomic E-state index is -5.61. The first-order chi connectivity index (χ1) is 27.0. The smallest absolute Gasteiger partial charge is 0.475 e. The first-order valence-electron chi connectivity index (χ1n) is 17.9. The van der Waals surface area contributed by atoms with E-state index in [2.05, 4.69) is 27.5 Å². The molecule has 3 aromatic rings. The Bertz CT molecular complexity index is 1950. The van der Waals surface area contributed by atoms with Gasteiger partial charge in [-0.1, -0.05) is 49.2 Å². The van der Waals surface area contributed by atoms with Crippen molar-refractivity contribution in [3.05, 3.63) is 58.8 Å². The van der Waals surface area contributed by atoms with Gasteiger partial charge in [-0.05, 0) is 24.5 Å². The number of hydrogen-bond acceptors (Lipinski definition) is 18. The Balaban J connectivity index is 1.26. The number of nitrogens with two attached hydrogens (primary N) is 1. The number of aryl methyl sites for hydroxylation is 1. The summed E-state index contributed by atoms with van der Waals surface area (Å²) in [6, 6.07) is 7.17. The van der Waals surface area contributed by atoms with Crippen molar-refractivity contribution in [3.63, 3.8) is 0 Å². The lowest BCUT2D eigenvalue weighted by Gasteiger charge is -2.46. The van der Waals surface area contributed by atoms with Crippen molar-refractivity contribution in [1.29, 1.82) is 0 Å². The standard InChI is InChI=1S/C33H46N7O16P/c1-2-3-4-5-17-6-8-18(9-7-17)19-13-39(38-37-19)14-24(44)36-25-20(42)12-33(31(48)49,55-29(25)26(45)21(43)15-41)56-57(51,52)53-16-22-27(46)28(47)30(54-22)40-11-10-23(34)35-32(40)50/h6-11,13,20-22,25-30,41-43,45-47H,2-5,12,14-16H2,1H3,(H,36,44)(H,48,49)(H,51,52)(H2,34,35,50)/t20-,21+,22+,25+,26+,27+,28+,29+,30+,33+/m0/s1. The lowest BCUT2D eigenvalue weighted by atomic mass is 9.88. The van der Waals surface area contributed by atoms with Crippen LogP contribution in [0.1, 0.15) is 44.4 Å². The highest BCUT2D eigenvalue weighted by Gasteiger charge is 2.59. The Labute approximate surface area is 323 Å². The fourth-order valence-corrected chi connectivity index (χ4v) is 7.35. The van der Waals surface area contributed by atoms with Crippen molar-refractivity contribution >= 4 is 25.5 Å². The van der Waals surface area contributed by atoms with Crippen molar-refractivity contribution in [1.82, 2.24) is 29.9 Å². The van der Waals surface area contributed by atoms with Gasteiger partial charge in [0.25, 0.3) is 5.79 Å². The normalized spacial score (nSPS) is 28.4. The largest absolute Gasteiger partial charge is 0.477 e. The van der Waals surface area contributed by atoms with E-state index in [-0.39, 0.29) is 5.82 Å². The Morgan fingerprint density at radius 3 is 2.51 bits per heavy atom. The lowest BCUT2D eigenvalue weighted by Crippen LogP contribution is -2.68. The number of nitrogen functional groups attached to an aromatic ring is 1. The minimum absolute atomic E-state index is 0.144. The first-order valence-corrected chi connectivity index (χ1v) is 19.4. The summed E-state index contributed by atoms with van der Waals surface area (Å²) in [6.45, 7) is -0.514. The molecule has 1 unspecified atom stereocenters. The molecule has 2 aromatic heterocycles. The number of carbonyl (C=O) groups is 2. The molecule has 0 spiro atoms. The molecule has 11 N–H and O–H groups in total. The summed E-state index contributed by atoms with van der Waals surface area (Å²) in [4.78, 5) is 52.1. The number of aliphatic hydroxyl groups excluding tert-OH is 6. The second-order valence-corrected chi connectivity index (χ2v) is 15.0. The van der Waals surface area contributed by atoms with Gasteiger partial charge >= 0.3 is 19.5 Å². The van der Waals surface area contributed by atoms with Crippen LogP contribution in [-0.2, 0) is 45.6 Å². The van der Waals surface area contributed by atoms with E-state index in [4.69, 9.17) is 24.3 Å². The van der Waals surface area contributed by atoms with Crippen molar-refractivity contribution in [2.45, 2.75) is 106 Å². The molecular formula is C33H46N7O16P. The SMILES string of the molecule is CCCCCc1ccc(-c2cn(CC(=O)N[C@H]3[C@H]([C@H](O)[C@H](O)CO)O[C@](OP(=O)(O)OC[C@H]4O[C@@H](n5ccc(N)nc5=O)[C@H](O)[C@@H]4O)(C(=O)O)C[C@@H]3O)nn2)cc1. The number of phosphoric ester groups is 1. The maximum Gasteiger partial charge on any atom is 0.475 e. The fourth-order valence-electron chi connectivity index (χ4n) is 6.39. The number of nitrogens with one attached hydrogen (secondary N) is 1. The van der Waals surface area contributed by atoms with Gasteiger partial charge in [-0.15, -0.1) is 5.10 Å². The highest BCUT2D eigenvalue weighted by Crippen LogP contribution is 2.51. The highest BCUT2D eigenvalue weighted by atomic mass is 31.2. The van der Waals surface area contributed by atoms with Gasteiger partial charge in [-0.3, -0.25) is 13.9 Å². The molecule has 0 aliphatic carbocycles. The van der Waals surface area contributed by atoms with Crippen molar-refractivity contribution in [2.75, 3.05) is 18.9 Å². The van der Waals surface area contributed by atoms with Crippen LogP contribution in [-0.4, -0.2) is 145 Å². The molecule has 23 nitrogen and oxygen atoms in total. The van der Waals surface area contributed by atoms with E-state index >= 15 is 0 Å². The van der Waals surface area contributed by atoms with Gasteiger partial charge < -0.3 is 61.2 Å². The number of ether oxygens (including phenoxy) is 2. The molecule has 0 bridgehead atoms. The van der Waals surface area contributed by atoms with Gasteiger partial charge in [0, 0.05) is 18.2 Å². The Morgan fingerprint density at radius 2 is 1.86 bits per heavy atom. The second kappa shape index (κ2) is 18.6. The third-order valence-corrected chi connectivity index (χ3v) is 10.4.